The number of carbonyl (C=O) groups excluding carboxylic acids is 1. The first kappa shape index (κ1) is 15.6. The molecule has 0 aliphatic heterocycles. The zero-order valence-corrected chi connectivity index (χ0v) is 13.7. The van der Waals surface area contributed by atoms with Crippen LogP contribution in [-0.2, 0) is 6.54 Å². The minimum absolute atomic E-state index is 0.110. The maximum Gasteiger partial charge on any atom is 0.258 e. The van der Waals surface area contributed by atoms with Gasteiger partial charge in [0.1, 0.15) is 5.75 Å². The zero-order valence-electron chi connectivity index (χ0n) is 12.1. The fraction of sp³-hybridized carbons (Fsp3) is 0.0556. The second-order valence-corrected chi connectivity index (χ2v) is 6.46. The summed E-state index contributed by atoms with van der Waals surface area (Å²) in [6, 6.07) is 17.4. The van der Waals surface area contributed by atoms with Crippen LogP contribution in [0.15, 0.2) is 66.0 Å². The van der Waals surface area contributed by atoms with Gasteiger partial charge in [-0.3, -0.25) is 4.79 Å². The smallest absolute Gasteiger partial charge is 0.258 e. The number of aromatic hydroxyl groups is 1. The highest BCUT2D eigenvalue weighted by Gasteiger charge is 2.18. The number of benzene rings is 2. The van der Waals surface area contributed by atoms with E-state index in [9.17, 15) is 9.90 Å². The number of carbonyl (C=O) groups is 1. The van der Waals surface area contributed by atoms with Gasteiger partial charge in [0.05, 0.1) is 6.54 Å². The van der Waals surface area contributed by atoms with Crippen LogP contribution in [0.5, 0.6) is 5.75 Å². The van der Waals surface area contributed by atoms with Gasteiger partial charge in [-0.15, -0.1) is 11.3 Å². The normalized spacial score (nSPS) is 10.5. The summed E-state index contributed by atoms with van der Waals surface area (Å²) >= 11 is 7.49. The van der Waals surface area contributed by atoms with Gasteiger partial charge in [0, 0.05) is 21.2 Å². The fourth-order valence-electron chi connectivity index (χ4n) is 2.22. The van der Waals surface area contributed by atoms with Crippen LogP contribution < -0.4 is 4.90 Å². The fourth-order valence-corrected chi connectivity index (χ4v) is 3.04. The molecule has 0 saturated heterocycles. The van der Waals surface area contributed by atoms with E-state index >= 15 is 0 Å². The Hall–Kier alpha value is -2.30. The first-order valence-electron chi connectivity index (χ1n) is 7.02. The van der Waals surface area contributed by atoms with E-state index in [0.717, 1.165) is 10.6 Å². The topological polar surface area (TPSA) is 40.5 Å². The number of halogens is 1. The standard InChI is InChI=1S/C18H14ClNO2S/c19-14-5-3-13(4-6-14)18(22)20(12-17-2-1-11-23-17)15-7-9-16(21)10-8-15/h1-11,21H,12H2. The second kappa shape index (κ2) is 6.86. The van der Waals surface area contributed by atoms with Gasteiger partial charge in [0.2, 0.25) is 0 Å². The van der Waals surface area contributed by atoms with Gasteiger partial charge in [-0.1, -0.05) is 17.7 Å². The van der Waals surface area contributed by atoms with E-state index in [2.05, 4.69) is 0 Å². The molecule has 0 radical (unpaired) electrons. The summed E-state index contributed by atoms with van der Waals surface area (Å²) in [5, 5.41) is 12.0. The number of thiophene rings is 1. The van der Waals surface area contributed by atoms with Crippen LogP contribution in [0.3, 0.4) is 0 Å². The number of phenolic OH excluding ortho intramolecular Hbond substituents is 1. The number of phenols is 1. The van der Waals surface area contributed by atoms with E-state index in [4.69, 9.17) is 11.6 Å². The molecule has 3 rings (SSSR count). The van der Waals surface area contributed by atoms with Crippen LogP contribution in [0.2, 0.25) is 5.02 Å². The van der Waals surface area contributed by atoms with Crippen molar-refractivity contribution in [2.24, 2.45) is 0 Å². The Kier molecular flexibility index (Phi) is 4.65. The van der Waals surface area contributed by atoms with Crippen molar-refractivity contribution in [3.05, 3.63) is 81.5 Å². The van der Waals surface area contributed by atoms with Gasteiger partial charge in [-0.25, -0.2) is 0 Å². The molecule has 0 spiro atoms. The predicted molar refractivity (Wildman–Crippen MR) is 94.4 cm³/mol. The van der Waals surface area contributed by atoms with Gasteiger partial charge in [-0.2, -0.15) is 0 Å². The molecule has 1 aromatic heterocycles. The van der Waals surface area contributed by atoms with Gasteiger partial charge in [0.25, 0.3) is 5.91 Å². The molecule has 116 valence electrons. The Morgan fingerprint density at radius 1 is 1.04 bits per heavy atom. The Bertz CT molecular complexity index is 783. The molecule has 1 heterocycles. The van der Waals surface area contributed by atoms with Gasteiger partial charge in [-0.05, 0) is 60.0 Å². The minimum atomic E-state index is -0.110. The summed E-state index contributed by atoms with van der Waals surface area (Å²) < 4.78 is 0. The third-order valence-electron chi connectivity index (χ3n) is 3.39. The van der Waals surface area contributed by atoms with E-state index in [1.165, 1.54) is 0 Å². The summed E-state index contributed by atoms with van der Waals surface area (Å²) in [7, 11) is 0. The maximum atomic E-state index is 12.9. The third-order valence-corrected chi connectivity index (χ3v) is 4.50. The van der Waals surface area contributed by atoms with Crippen LogP contribution in [0.4, 0.5) is 5.69 Å². The first-order valence-corrected chi connectivity index (χ1v) is 8.28. The number of anilines is 1. The van der Waals surface area contributed by atoms with E-state index in [1.54, 1.807) is 64.8 Å². The Labute approximate surface area is 143 Å². The number of amides is 1. The lowest BCUT2D eigenvalue weighted by atomic mass is 10.1. The summed E-state index contributed by atoms with van der Waals surface area (Å²) in [5.74, 6) is 0.0597. The summed E-state index contributed by atoms with van der Waals surface area (Å²) in [4.78, 5) is 15.7. The Morgan fingerprint density at radius 3 is 2.35 bits per heavy atom. The summed E-state index contributed by atoms with van der Waals surface area (Å²) in [5.41, 5.74) is 1.30. The zero-order chi connectivity index (χ0) is 16.2. The van der Waals surface area contributed by atoms with Gasteiger partial charge >= 0.3 is 0 Å². The highest BCUT2D eigenvalue weighted by molar-refractivity contribution is 7.09. The van der Waals surface area contributed by atoms with E-state index in [-0.39, 0.29) is 11.7 Å². The van der Waals surface area contributed by atoms with Gasteiger partial charge < -0.3 is 10.0 Å². The van der Waals surface area contributed by atoms with Crippen molar-refractivity contribution in [2.75, 3.05) is 4.90 Å². The lowest BCUT2D eigenvalue weighted by Gasteiger charge is -2.22. The van der Waals surface area contributed by atoms with E-state index in [0.29, 0.717) is 17.1 Å². The highest BCUT2D eigenvalue weighted by Crippen LogP contribution is 2.24. The molecule has 0 aliphatic rings. The first-order chi connectivity index (χ1) is 11.1. The second-order valence-electron chi connectivity index (χ2n) is 4.99. The molecular weight excluding hydrogens is 330 g/mol. The van der Waals surface area contributed by atoms with E-state index in [1.807, 2.05) is 17.5 Å². The molecular formula is C18H14ClNO2S. The minimum Gasteiger partial charge on any atom is -0.508 e. The third kappa shape index (κ3) is 3.73. The molecule has 1 amide bonds. The molecule has 3 nitrogen and oxygen atoms in total. The predicted octanol–water partition coefficient (Wildman–Crippen LogP) is 4.95. The molecule has 3 aromatic rings. The molecule has 0 saturated carbocycles. The largest absolute Gasteiger partial charge is 0.508 e. The van der Waals surface area contributed by atoms with Crippen LogP contribution in [0.25, 0.3) is 0 Å². The molecule has 0 bridgehead atoms. The molecule has 0 aliphatic carbocycles. The van der Waals surface area contributed by atoms with Crippen LogP contribution in [-0.4, -0.2) is 11.0 Å². The molecule has 23 heavy (non-hydrogen) atoms. The quantitative estimate of drug-likeness (QED) is 0.727. The average molecular weight is 344 g/mol. The van der Waals surface area contributed by atoms with Crippen molar-refractivity contribution < 1.29 is 9.90 Å². The van der Waals surface area contributed by atoms with Crippen molar-refractivity contribution in [3.8, 4) is 5.75 Å². The maximum absolute atomic E-state index is 12.9. The highest BCUT2D eigenvalue weighted by atomic mass is 35.5. The Balaban J connectivity index is 1.95. The average Bonchev–Trinajstić information content (AvgIpc) is 3.07. The monoisotopic (exact) mass is 343 g/mol. The molecule has 2 aromatic carbocycles. The summed E-state index contributed by atoms with van der Waals surface area (Å²) in [6.07, 6.45) is 0. The molecule has 0 unspecified atom stereocenters. The number of hydrogen-bond donors (Lipinski definition) is 1. The van der Waals surface area contributed by atoms with Crippen LogP contribution in [0.1, 0.15) is 15.2 Å². The van der Waals surface area contributed by atoms with Crippen molar-refractivity contribution in [1.82, 2.24) is 0 Å². The van der Waals surface area contributed by atoms with Crippen molar-refractivity contribution in [2.45, 2.75) is 6.54 Å². The Morgan fingerprint density at radius 2 is 1.74 bits per heavy atom. The lowest BCUT2D eigenvalue weighted by Crippen LogP contribution is -2.30. The number of hydrogen-bond acceptors (Lipinski definition) is 3. The van der Waals surface area contributed by atoms with E-state index < -0.39 is 0 Å². The molecule has 1 N–H and O–H groups in total. The van der Waals surface area contributed by atoms with Crippen molar-refractivity contribution in [1.29, 1.82) is 0 Å². The molecule has 0 atom stereocenters. The van der Waals surface area contributed by atoms with Gasteiger partial charge in [0.15, 0.2) is 0 Å². The number of nitrogens with zero attached hydrogens (tertiary/aromatic N) is 1. The van der Waals surface area contributed by atoms with Crippen molar-refractivity contribution >= 4 is 34.5 Å². The van der Waals surface area contributed by atoms with Crippen LogP contribution in [0, 0.1) is 0 Å². The lowest BCUT2D eigenvalue weighted by molar-refractivity contribution is 0.0985. The summed E-state index contributed by atoms with van der Waals surface area (Å²) in [6.45, 7) is 0.476. The molecule has 5 heteroatoms. The molecule has 0 fully saturated rings. The van der Waals surface area contributed by atoms with Crippen molar-refractivity contribution in [3.63, 3.8) is 0 Å². The SMILES string of the molecule is O=C(c1ccc(Cl)cc1)N(Cc1cccs1)c1ccc(O)cc1. The number of rotatable bonds is 4. The van der Waals surface area contributed by atoms with Crippen LogP contribution >= 0.6 is 22.9 Å².